The van der Waals surface area contributed by atoms with E-state index in [9.17, 15) is 4.79 Å². The third-order valence-electron chi connectivity index (χ3n) is 5.63. The molecule has 0 saturated carbocycles. The van der Waals surface area contributed by atoms with Gasteiger partial charge < -0.3 is 8.83 Å². The second-order valence-corrected chi connectivity index (χ2v) is 7.66. The van der Waals surface area contributed by atoms with Gasteiger partial charge in [-0.25, -0.2) is 9.78 Å². The number of piperidine rings is 1. The molecule has 142 valence electrons. The van der Waals surface area contributed by atoms with Gasteiger partial charge in [0.1, 0.15) is 11.1 Å². The second kappa shape index (κ2) is 6.91. The number of likely N-dealkylation sites (tertiary alicyclic amines) is 1. The van der Waals surface area contributed by atoms with E-state index in [1.54, 1.807) is 6.07 Å². The van der Waals surface area contributed by atoms with E-state index < -0.39 is 0 Å². The molecule has 2 aromatic carbocycles. The largest absolute Gasteiger partial charge is 0.440 e. The summed E-state index contributed by atoms with van der Waals surface area (Å²) in [4.78, 5) is 19.0. The van der Waals surface area contributed by atoms with Gasteiger partial charge in [-0.1, -0.05) is 24.3 Å². The van der Waals surface area contributed by atoms with E-state index in [1.165, 1.54) is 0 Å². The Hall–Kier alpha value is -2.92. The van der Waals surface area contributed by atoms with Crippen molar-refractivity contribution in [2.24, 2.45) is 0 Å². The van der Waals surface area contributed by atoms with E-state index >= 15 is 0 Å². The Labute approximate surface area is 162 Å². The molecule has 0 N–H and O–H groups in total. The van der Waals surface area contributed by atoms with Crippen LogP contribution in [0.2, 0.25) is 0 Å². The first kappa shape index (κ1) is 17.2. The lowest BCUT2D eigenvalue weighted by atomic mass is 9.96. The molecule has 1 saturated heterocycles. The number of aromatic nitrogens is 1. The number of nitrogens with zero attached hydrogens (tertiary/aromatic N) is 2. The predicted octanol–water partition coefficient (Wildman–Crippen LogP) is 4.62. The molecule has 5 nitrogen and oxygen atoms in total. The molecule has 1 fully saturated rings. The fraction of sp³-hybridized carbons (Fsp3) is 0.304. The van der Waals surface area contributed by atoms with Gasteiger partial charge in [0.05, 0.1) is 0 Å². The van der Waals surface area contributed by atoms with Crippen molar-refractivity contribution in [1.82, 2.24) is 9.88 Å². The summed E-state index contributed by atoms with van der Waals surface area (Å²) in [6.07, 6.45) is 2.01. The van der Waals surface area contributed by atoms with Gasteiger partial charge in [0.15, 0.2) is 11.5 Å². The molecule has 0 amide bonds. The highest BCUT2D eigenvalue weighted by molar-refractivity contribution is 5.80. The molecule has 0 bridgehead atoms. The van der Waals surface area contributed by atoms with Gasteiger partial charge in [-0.2, -0.15) is 0 Å². The maximum atomic E-state index is 12.0. The van der Waals surface area contributed by atoms with Gasteiger partial charge in [-0.05, 0) is 62.2 Å². The number of hydrogen-bond donors (Lipinski definition) is 0. The molecule has 0 aliphatic carbocycles. The smallest absolute Gasteiger partial charge is 0.336 e. The van der Waals surface area contributed by atoms with Crippen LogP contribution in [0.3, 0.4) is 0 Å². The number of rotatable bonds is 3. The minimum atomic E-state index is -0.283. The van der Waals surface area contributed by atoms with Gasteiger partial charge in [-0.3, -0.25) is 4.90 Å². The summed E-state index contributed by atoms with van der Waals surface area (Å²) in [6.45, 7) is 4.67. The highest BCUT2D eigenvalue weighted by Crippen LogP contribution is 2.31. The van der Waals surface area contributed by atoms with Crippen molar-refractivity contribution in [3.05, 3.63) is 76.0 Å². The summed E-state index contributed by atoms with van der Waals surface area (Å²) in [5.74, 6) is 1.20. The average Bonchev–Trinajstić information content (AvgIpc) is 3.12. The highest BCUT2D eigenvalue weighted by atomic mass is 16.4. The number of para-hydroxylation sites is 2. The number of benzene rings is 2. The molecule has 0 atom stereocenters. The Morgan fingerprint density at radius 3 is 2.68 bits per heavy atom. The van der Waals surface area contributed by atoms with Crippen LogP contribution < -0.4 is 5.63 Å². The van der Waals surface area contributed by atoms with Crippen molar-refractivity contribution in [1.29, 1.82) is 0 Å². The van der Waals surface area contributed by atoms with Crippen LogP contribution in [-0.4, -0.2) is 23.0 Å². The van der Waals surface area contributed by atoms with Crippen LogP contribution >= 0.6 is 0 Å². The molecule has 28 heavy (non-hydrogen) atoms. The number of oxazole rings is 1. The zero-order valence-electron chi connectivity index (χ0n) is 15.9. The fourth-order valence-electron chi connectivity index (χ4n) is 4.11. The Balaban J connectivity index is 1.32. The third kappa shape index (κ3) is 3.22. The SMILES string of the molecule is Cc1ccc2c(CN3CCC(c4nc5ccccc5o4)CC3)cc(=O)oc2c1. The minimum Gasteiger partial charge on any atom is -0.440 e. The van der Waals surface area contributed by atoms with Crippen LogP contribution in [-0.2, 0) is 6.54 Å². The fourth-order valence-corrected chi connectivity index (χ4v) is 4.11. The molecule has 3 heterocycles. The van der Waals surface area contributed by atoms with Crippen molar-refractivity contribution in [2.75, 3.05) is 13.1 Å². The average molecular weight is 374 g/mol. The molecule has 0 unspecified atom stereocenters. The molecule has 5 rings (SSSR count). The van der Waals surface area contributed by atoms with E-state index in [0.717, 1.165) is 66.0 Å². The second-order valence-electron chi connectivity index (χ2n) is 7.66. The van der Waals surface area contributed by atoms with Gasteiger partial charge in [0.2, 0.25) is 0 Å². The number of fused-ring (bicyclic) bond motifs is 2. The summed E-state index contributed by atoms with van der Waals surface area (Å²) >= 11 is 0. The molecule has 1 aliphatic heterocycles. The monoisotopic (exact) mass is 374 g/mol. The summed E-state index contributed by atoms with van der Waals surface area (Å²) in [6, 6.07) is 15.6. The zero-order valence-corrected chi connectivity index (χ0v) is 15.9. The number of hydrogen-bond acceptors (Lipinski definition) is 5. The lowest BCUT2D eigenvalue weighted by Gasteiger charge is -2.30. The Morgan fingerprint density at radius 1 is 1.04 bits per heavy atom. The summed E-state index contributed by atoms with van der Waals surface area (Å²) < 4.78 is 11.3. The summed E-state index contributed by atoms with van der Waals surface area (Å²) in [5.41, 5.74) is 4.30. The first-order valence-electron chi connectivity index (χ1n) is 9.77. The van der Waals surface area contributed by atoms with E-state index in [-0.39, 0.29) is 5.63 Å². The predicted molar refractivity (Wildman–Crippen MR) is 108 cm³/mol. The van der Waals surface area contributed by atoms with Crippen LogP contribution in [0.1, 0.15) is 35.8 Å². The zero-order chi connectivity index (χ0) is 19.1. The molecule has 0 radical (unpaired) electrons. The normalized spacial score (nSPS) is 16.2. The molecule has 0 spiro atoms. The lowest BCUT2D eigenvalue weighted by Crippen LogP contribution is -2.32. The first-order valence-corrected chi connectivity index (χ1v) is 9.77. The van der Waals surface area contributed by atoms with E-state index in [0.29, 0.717) is 11.5 Å². The van der Waals surface area contributed by atoms with Gasteiger partial charge in [0, 0.05) is 23.9 Å². The third-order valence-corrected chi connectivity index (χ3v) is 5.63. The first-order chi connectivity index (χ1) is 13.7. The van der Waals surface area contributed by atoms with Crippen LogP contribution in [0.4, 0.5) is 0 Å². The Morgan fingerprint density at radius 2 is 1.86 bits per heavy atom. The maximum Gasteiger partial charge on any atom is 0.336 e. The summed E-state index contributed by atoms with van der Waals surface area (Å²) in [5, 5.41) is 1.02. The van der Waals surface area contributed by atoms with Crippen molar-refractivity contribution in [2.45, 2.75) is 32.2 Å². The highest BCUT2D eigenvalue weighted by Gasteiger charge is 2.25. The summed E-state index contributed by atoms with van der Waals surface area (Å²) in [7, 11) is 0. The molecular weight excluding hydrogens is 352 g/mol. The molecule has 1 aliphatic rings. The molecule has 2 aromatic heterocycles. The maximum absolute atomic E-state index is 12.0. The van der Waals surface area contributed by atoms with Crippen LogP contribution in [0, 0.1) is 6.92 Å². The van der Waals surface area contributed by atoms with Crippen molar-refractivity contribution in [3.63, 3.8) is 0 Å². The molecule has 5 heteroatoms. The van der Waals surface area contributed by atoms with E-state index in [4.69, 9.17) is 8.83 Å². The van der Waals surface area contributed by atoms with Crippen LogP contribution in [0.25, 0.3) is 22.1 Å². The van der Waals surface area contributed by atoms with Crippen LogP contribution in [0.5, 0.6) is 0 Å². The quantitative estimate of drug-likeness (QED) is 0.490. The number of aryl methyl sites for hydroxylation is 1. The van der Waals surface area contributed by atoms with E-state index in [1.807, 2.05) is 43.3 Å². The lowest BCUT2D eigenvalue weighted by molar-refractivity contribution is 0.194. The van der Waals surface area contributed by atoms with Crippen molar-refractivity contribution >= 4 is 22.1 Å². The van der Waals surface area contributed by atoms with Gasteiger partial charge in [0.25, 0.3) is 0 Å². The Kier molecular flexibility index (Phi) is 4.24. The van der Waals surface area contributed by atoms with Crippen molar-refractivity contribution < 1.29 is 8.83 Å². The van der Waals surface area contributed by atoms with Crippen LogP contribution in [0.15, 0.2) is 62.2 Å². The van der Waals surface area contributed by atoms with Crippen molar-refractivity contribution in [3.8, 4) is 0 Å². The molecule has 4 aromatic rings. The van der Waals surface area contributed by atoms with E-state index in [2.05, 4.69) is 16.0 Å². The van der Waals surface area contributed by atoms with Gasteiger partial charge in [-0.15, -0.1) is 0 Å². The Bertz CT molecular complexity index is 1170. The minimum absolute atomic E-state index is 0.283. The standard InChI is InChI=1S/C23H22N2O3/c1-15-6-7-18-17(13-22(26)27-21(18)12-15)14-25-10-8-16(9-11-25)23-24-19-4-2-3-5-20(19)28-23/h2-7,12-13,16H,8-11,14H2,1H3. The van der Waals surface area contributed by atoms with Gasteiger partial charge >= 0.3 is 5.63 Å². The molecular formula is C23H22N2O3. The topological polar surface area (TPSA) is 59.5 Å².